The number of hydrogen-bond donors (Lipinski definition) is 0. The minimum atomic E-state index is 0.463. The van der Waals surface area contributed by atoms with Crippen LogP contribution in [0.3, 0.4) is 0 Å². The fourth-order valence-corrected chi connectivity index (χ4v) is 2.86. The number of benzene rings is 1. The van der Waals surface area contributed by atoms with Gasteiger partial charge in [-0.05, 0) is 31.0 Å². The minimum Gasteiger partial charge on any atom is -0.486 e. The van der Waals surface area contributed by atoms with E-state index in [0.29, 0.717) is 6.61 Å². The summed E-state index contributed by atoms with van der Waals surface area (Å²) in [5.74, 6) is 1.80. The summed E-state index contributed by atoms with van der Waals surface area (Å²) in [6.45, 7) is 4.68. The van der Waals surface area contributed by atoms with Gasteiger partial charge in [0.15, 0.2) is 10.8 Å². The molecule has 5 nitrogen and oxygen atoms in total. The molecule has 0 amide bonds. The van der Waals surface area contributed by atoms with E-state index in [1.54, 1.807) is 0 Å². The van der Waals surface area contributed by atoms with Crippen molar-refractivity contribution in [1.82, 2.24) is 19.8 Å². The molecule has 0 bridgehead atoms. The highest BCUT2D eigenvalue weighted by atomic mass is 32.1. The Hall–Kier alpha value is -1.95. The van der Waals surface area contributed by atoms with Crippen molar-refractivity contribution in [2.24, 2.45) is 0 Å². The average molecular weight is 302 g/mol. The first-order chi connectivity index (χ1) is 10.3. The summed E-state index contributed by atoms with van der Waals surface area (Å²) in [6, 6.07) is 8.02. The molecule has 3 rings (SSSR count). The van der Waals surface area contributed by atoms with Gasteiger partial charge in [0.1, 0.15) is 12.4 Å². The van der Waals surface area contributed by atoms with E-state index in [0.717, 1.165) is 40.8 Å². The van der Waals surface area contributed by atoms with Crippen molar-refractivity contribution in [2.75, 3.05) is 0 Å². The molecule has 0 spiro atoms. The van der Waals surface area contributed by atoms with Crippen molar-refractivity contribution in [3.63, 3.8) is 0 Å². The first-order valence-corrected chi connectivity index (χ1v) is 7.97. The van der Waals surface area contributed by atoms with E-state index in [2.05, 4.69) is 35.2 Å². The maximum absolute atomic E-state index is 5.78. The zero-order valence-electron chi connectivity index (χ0n) is 12.2. The number of hydrogen-bond acceptors (Lipinski definition) is 5. The molecule has 0 saturated carbocycles. The molecule has 0 radical (unpaired) electrons. The maximum atomic E-state index is 5.78. The molecule has 0 unspecified atom stereocenters. The molecule has 0 saturated heterocycles. The quantitative estimate of drug-likeness (QED) is 0.700. The van der Waals surface area contributed by atoms with Crippen molar-refractivity contribution in [3.05, 3.63) is 40.7 Å². The van der Waals surface area contributed by atoms with Crippen molar-refractivity contribution < 1.29 is 4.74 Å². The smallest absolute Gasteiger partial charge is 0.234 e. The van der Waals surface area contributed by atoms with Crippen LogP contribution in [-0.2, 0) is 13.0 Å². The van der Waals surface area contributed by atoms with Gasteiger partial charge in [0.05, 0.1) is 0 Å². The van der Waals surface area contributed by atoms with Gasteiger partial charge >= 0.3 is 0 Å². The topological polar surface area (TPSA) is 52.3 Å². The van der Waals surface area contributed by atoms with E-state index in [1.165, 1.54) is 16.9 Å². The predicted molar refractivity (Wildman–Crippen MR) is 82.8 cm³/mol. The molecule has 0 atom stereocenters. The number of fused-ring (bicyclic) bond motifs is 1. The van der Waals surface area contributed by atoms with Gasteiger partial charge in [0, 0.05) is 6.42 Å². The van der Waals surface area contributed by atoms with Gasteiger partial charge in [-0.2, -0.15) is 9.61 Å². The summed E-state index contributed by atoms with van der Waals surface area (Å²) in [7, 11) is 0. The molecular formula is C15H18N4OS. The zero-order valence-corrected chi connectivity index (χ0v) is 13.1. The molecule has 0 N–H and O–H groups in total. The molecule has 110 valence electrons. The number of aromatic nitrogens is 4. The standard InChI is InChI=1S/C15H18N4OS/c1-3-4-8-13-16-17-15-19(13)18-14(21-15)10-20-12-7-5-6-11(2)9-12/h5-7,9H,3-4,8,10H2,1-2H3. The SMILES string of the molecule is CCCCc1nnc2sc(COc3cccc(C)c3)nn12. The average Bonchev–Trinajstić information content (AvgIpc) is 3.03. The molecule has 2 aromatic heterocycles. The third kappa shape index (κ3) is 3.21. The Morgan fingerprint density at radius 2 is 2.19 bits per heavy atom. The lowest BCUT2D eigenvalue weighted by Crippen LogP contribution is -1.99. The lowest BCUT2D eigenvalue weighted by Gasteiger charge is -2.03. The molecule has 21 heavy (non-hydrogen) atoms. The van der Waals surface area contributed by atoms with Crippen LogP contribution in [0.15, 0.2) is 24.3 Å². The van der Waals surface area contributed by atoms with E-state index in [-0.39, 0.29) is 0 Å². The van der Waals surface area contributed by atoms with Crippen molar-refractivity contribution >= 4 is 16.3 Å². The van der Waals surface area contributed by atoms with E-state index < -0.39 is 0 Å². The molecule has 0 fully saturated rings. The van der Waals surface area contributed by atoms with Crippen LogP contribution in [0.5, 0.6) is 5.75 Å². The van der Waals surface area contributed by atoms with Gasteiger partial charge < -0.3 is 4.74 Å². The second-order valence-corrected chi connectivity index (χ2v) is 6.06. The number of aryl methyl sites for hydroxylation is 2. The Morgan fingerprint density at radius 3 is 3.00 bits per heavy atom. The largest absolute Gasteiger partial charge is 0.486 e. The monoisotopic (exact) mass is 302 g/mol. The Morgan fingerprint density at radius 1 is 1.29 bits per heavy atom. The van der Waals surface area contributed by atoms with Crippen LogP contribution < -0.4 is 4.74 Å². The van der Waals surface area contributed by atoms with E-state index in [4.69, 9.17) is 4.74 Å². The van der Waals surface area contributed by atoms with Gasteiger partial charge in [-0.25, -0.2) is 0 Å². The molecular weight excluding hydrogens is 284 g/mol. The number of nitrogens with zero attached hydrogens (tertiary/aromatic N) is 4. The Balaban J connectivity index is 1.71. The van der Waals surface area contributed by atoms with Gasteiger partial charge in [-0.1, -0.05) is 36.8 Å². The fourth-order valence-electron chi connectivity index (χ4n) is 2.10. The summed E-state index contributed by atoms with van der Waals surface area (Å²) in [5, 5.41) is 13.8. The highest BCUT2D eigenvalue weighted by molar-refractivity contribution is 7.16. The van der Waals surface area contributed by atoms with Crippen LogP contribution in [0.1, 0.15) is 36.2 Å². The molecule has 0 aliphatic rings. The minimum absolute atomic E-state index is 0.463. The molecule has 6 heteroatoms. The first kappa shape index (κ1) is 14.0. The highest BCUT2D eigenvalue weighted by Gasteiger charge is 2.11. The van der Waals surface area contributed by atoms with Crippen LogP contribution in [0.2, 0.25) is 0 Å². The summed E-state index contributed by atoms with van der Waals surface area (Å²) >= 11 is 1.53. The number of ether oxygens (including phenoxy) is 1. The second-order valence-electron chi connectivity index (χ2n) is 5.02. The Bertz CT molecular complexity index is 734. The van der Waals surface area contributed by atoms with Crippen LogP contribution in [-0.4, -0.2) is 19.8 Å². The summed E-state index contributed by atoms with van der Waals surface area (Å²) in [5.41, 5.74) is 1.19. The second kappa shape index (κ2) is 6.22. The van der Waals surface area contributed by atoms with Gasteiger partial charge in [0.25, 0.3) is 0 Å². The van der Waals surface area contributed by atoms with Crippen LogP contribution >= 0.6 is 11.3 Å². The van der Waals surface area contributed by atoms with E-state index in [9.17, 15) is 0 Å². The maximum Gasteiger partial charge on any atom is 0.234 e. The Kier molecular flexibility index (Phi) is 4.15. The predicted octanol–water partition coefficient (Wildman–Crippen LogP) is 3.42. The molecule has 0 aliphatic carbocycles. The third-order valence-corrected chi connectivity index (χ3v) is 4.08. The summed E-state index contributed by atoms with van der Waals surface area (Å²) in [4.78, 5) is 0.837. The Labute approximate surface area is 127 Å². The van der Waals surface area contributed by atoms with Crippen molar-refractivity contribution in [1.29, 1.82) is 0 Å². The van der Waals surface area contributed by atoms with E-state index >= 15 is 0 Å². The molecule has 1 aromatic carbocycles. The first-order valence-electron chi connectivity index (χ1n) is 7.15. The van der Waals surface area contributed by atoms with E-state index in [1.807, 2.05) is 22.7 Å². The van der Waals surface area contributed by atoms with Crippen LogP contribution in [0, 0.1) is 6.92 Å². The van der Waals surface area contributed by atoms with Gasteiger partial charge in [-0.3, -0.25) is 0 Å². The molecule has 2 heterocycles. The summed E-state index contributed by atoms with van der Waals surface area (Å²) < 4.78 is 7.62. The lowest BCUT2D eigenvalue weighted by atomic mass is 10.2. The van der Waals surface area contributed by atoms with Crippen LogP contribution in [0.4, 0.5) is 0 Å². The normalized spacial score (nSPS) is 11.1. The molecule has 0 aliphatic heterocycles. The molecule has 3 aromatic rings. The lowest BCUT2D eigenvalue weighted by molar-refractivity contribution is 0.304. The zero-order chi connectivity index (χ0) is 14.7. The fraction of sp³-hybridized carbons (Fsp3) is 0.400. The highest BCUT2D eigenvalue weighted by Crippen LogP contribution is 2.18. The van der Waals surface area contributed by atoms with Crippen molar-refractivity contribution in [2.45, 2.75) is 39.7 Å². The van der Waals surface area contributed by atoms with Gasteiger partial charge in [0.2, 0.25) is 4.96 Å². The van der Waals surface area contributed by atoms with Crippen LogP contribution in [0.25, 0.3) is 4.96 Å². The van der Waals surface area contributed by atoms with Gasteiger partial charge in [-0.15, -0.1) is 10.2 Å². The number of rotatable bonds is 6. The summed E-state index contributed by atoms with van der Waals surface area (Å²) in [6.07, 6.45) is 3.16. The third-order valence-electron chi connectivity index (χ3n) is 3.20. The van der Waals surface area contributed by atoms with Crippen molar-refractivity contribution in [3.8, 4) is 5.75 Å². The number of unbranched alkanes of at least 4 members (excludes halogenated alkanes) is 1.